The molecule has 2 aromatic carbocycles. The maximum absolute atomic E-state index is 12.7. The first-order valence-electron chi connectivity index (χ1n) is 8.12. The predicted molar refractivity (Wildman–Crippen MR) is 103 cm³/mol. The average molecular weight is 348 g/mol. The van der Waals surface area contributed by atoms with E-state index in [2.05, 4.69) is 5.32 Å². The Labute approximate surface area is 151 Å². The Morgan fingerprint density at radius 1 is 1.15 bits per heavy atom. The quantitative estimate of drug-likeness (QED) is 0.500. The molecule has 6 nitrogen and oxygen atoms in total. The first-order valence-corrected chi connectivity index (χ1v) is 8.12. The SMILES string of the molecule is COc1ccc(C)c2nc(-c3ccccc3C)cc(C(=O)NC(=N)N)c12. The highest BCUT2D eigenvalue weighted by molar-refractivity contribution is 6.14. The Hall–Kier alpha value is -3.41. The second-order valence-corrected chi connectivity index (χ2v) is 6.05. The minimum Gasteiger partial charge on any atom is -0.496 e. The van der Waals surface area contributed by atoms with E-state index in [1.165, 1.54) is 0 Å². The molecule has 132 valence electrons. The summed E-state index contributed by atoms with van der Waals surface area (Å²) in [6, 6.07) is 13.3. The third-order valence-electron chi connectivity index (χ3n) is 4.26. The van der Waals surface area contributed by atoms with E-state index in [-0.39, 0.29) is 0 Å². The van der Waals surface area contributed by atoms with Gasteiger partial charge in [0, 0.05) is 5.56 Å². The highest BCUT2D eigenvalue weighted by Crippen LogP contribution is 2.34. The molecule has 0 aliphatic carbocycles. The van der Waals surface area contributed by atoms with Gasteiger partial charge in [-0.05, 0) is 37.1 Å². The molecular formula is C20H20N4O2. The van der Waals surface area contributed by atoms with Crippen molar-refractivity contribution in [2.24, 2.45) is 5.73 Å². The summed E-state index contributed by atoms with van der Waals surface area (Å²) in [6.07, 6.45) is 0. The molecule has 0 spiro atoms. The van der Waals surface area contributed by atoms with Crippen molar-refractivity contribution in [1.29, 1.82) is 5.41 Å². The van der Waals surface area contributed by atoms with Gasteiger partial charge in [0.2, 0.25) is 0 Å². The molecule has 3 rings (SSSR count). The standard InChI is InChI=1S/C20H20N4O2/c1-11-6-4-5-7-13(11)15-10-14(19(25)24-20(21)22)17-16(26-3)9-8-12(2)18(17)23-15/h4-10H,1-3H3,(H4,21,22,24,25). The number of amides is 1. The second kappa shape index (κ2) is 6.84. The number of carbonyl (C=O) groups excluding carboxylic acids is 1. The van der Waals surface area contributed by atoms with Crippen LogP contribution in [0.1, 0.15) is 21.5 Å². The van der Waals surface area contributed by atoms with E-state index in [9.17, 15) is 4.79 Å². The number of aryl methyl sites for hydroxylation is 2. The normalized spacial score (nSPS) is 10.6. The number of hydrogen-bond acceptors (Lipinski definition) is 4. The maximum Gasteiger partial charge on any atom is 0.258 e. The minimum atomic E-state index is -0.469. The van der Waals surface area contributed by atoms with Crippen molar-refractivity contribution in [3.8, 4) is 17.0 Å². The van der Waals surface area contributed by atoms with E-state index in [0.29, 0.717) is 27.9 Å². The topological polar surface area (TPSA) is 101 Å². The number of benzene rings is 2. The van der Waals surface area contributed by atoms with Gasteiger partial charge in [0.25, 0.3) is 5.91 Å². The number of pyridine rings is 1. The molecule has 1 amide bonds. The summed E-state index contributed by atoms with van der Waals surface area (Å²) in [5, 5.41) is 10.3. The zero-order valence-electron chi connectivity index (χ0n) is 14.9. The van der Waals surface area contributed by atoms with Gasteiger partial charge in [0.05, 0.1) is 29.3 Å². The number of rotatable bonds is 3. The van der Waals surface area contributed by atoms with Crippen molar-refractivity contribution in [2.75, 3.05) is 7.11 Å². The zero-order chi connectivity index (χ0) is 18.8. The van der Waals surface area contributed by atoms with Gasteiger partial charge in [0.15, 0.2) is 5.96 Å². The third-order valence-corrected chi connectivity index (χ3v) is 4.26. The number of fused-ring (bicyclic) bond motifs is 1. The molecule has 0 saturated carbocycles. The lowest BCUT2D eigenvalue weighted by Gasteiger charge is -2.15. The van der Waals surface area contributed by atoms with Crippen LogP contribution in [0.2, 0.25) is 0 Å². The number of hydrogen-bond donors (Lipinski definition) is 3. The minimum absolute atomic E-state index is 0.365. The van der Waals surface area contributed by atoms with Gasteiger partial charge in [-0.25, -0.2) is 4.98 Å². The van der Waals surface area contributed by atoms with Gasteiger partial charge in [0.1, 0.15) is 5.75 Å². The summed E-state index contributed by atoms with van der Waals surface area (Å²) in [5.41, 5.74) is 9.99. The number of ether oxygens (including phenoxy) is 1. The lowest BCUT2D eigenvalue weighted by molar-refractivity contribution is 0.0978. The number of carbonyl (C=O) groups is 1. The summed E-state index contributed by atoms with van der Waals surface area (Å²) in [7, 11) is 1.55. The van der Waals surface area contributed by atoms with Crippen molar-refractivity contribution in [3.05, 3.63) is 59.2 Å². The van der Waals surface area contributed by atoms with Gasteiger partial charge in [-0.1, -0.05) is 30.3 Å². The number of nitrogens with two attached hydrogens (primary N) is 1. The lowest BCUT2D eigenvalue weighted by atomic mass is 9.98. The number of methoxy groups -OCH3 is 1. The van der Waals surface area contributed by atoms with Crippen LogP contribution < -0.4 is 15.8 Å². The Bertz CT molecular complexity index is 1030. The van der Waals surface area contributed by atoms with Crippen molar-refractivity contribution in [3.63, 3.8) is 0 Å². The van der Waals surface area contributed by atoms with Gasteiger partial charge in [-0.3, -0.25) is 15.5 Å². The molecule has 0 radical (unpaired) electrons. The van der Waals surface area contributed by atoms with Crippen LogP contribution in [-0.4, -0.2) is 24.0 Å². The third kappa shape index (κ3) is 3.09. The Morgan fingerprint density at radius 2 is 1.88 bits per heavy atom. The van der Waals surface area contributed by atoms with Gasteiger partial charge < -0.3 is 10.5 Å². The fraction of sp³-hybridized carbons (Fsp3) is 0.150. The van der Waals surface area contributed by atoms with Crippen molar-refractivity contribution < 1.29 is 9.53 Å². The van der Waals surface area contributed by atoms with E-state index in [0.717, 1.165) is 16.7 Å². The number of guanidine groups is 1. The van der Waals surface area contributed by atoms with Gasteiger partial charge >= 0.3 is 0 Å². The van der Waals surface area contributed by atoms with Crippen molar-refractivity contribution in [2.45, 2.75) is 13.8 Å². The van der Waals surface area contributed by atoms with Crippen LogP contribution in [0.5, 0.6) is 5.75 Å². The Balaban J connectivity index is 2.37. The van der Waals surface area contributed by atoms with Crippen molar-refractivity contribution in [1.82, 2.24) is 10.3 Å². The zero-order valence-corrected chi connectivity index (χ0v) is 14.9. The van der Waals surface area contributed by atoms with Crippen molar-refractivity contribution >= 4 is 22.8 Å². The summed E-state index contributed by atoms with van der Waals surface area (Å²) in [4.78, 5) is 17.5. The summed E-state index contributed by atoms with van der Waals surface area (Å²) in [5.74, 6) is -0.337. The van der Waals surface area contributed by atoms with Gasteiger partial charge in [-0.2, -0.15) is 0 Å². The van der Waals surface area contributed by atoms with Crippen LogP contribution in [0.15, 0.2) is 42.5 Å². The molecule has 1 heterocycles. The van der Waals surface area contributed by atoms with E-state index in [4.69, 9.17) is 20.9 Å². The molecule has 4 N–H and O–H groups in total. The second-order valence-electron chi connectivity index (χ2n) is 6.05. The predicted octanol–water partition coefficient (Wildman–Crippen LogP) is 3.15. The number of aromatic nitrogens is 1. The smallest absolute Gasteiger partial charge is 0.258 e. The molecule has 3 aromatic rings. The molecular weight excluding hydrogens is 328 g/mol. The van der Waals surface area contributed by atoms with Crippen LogP contribution in [0.25, 0.3) is 22.2 Å². The molecule has 0 bridgehead atoms. The molecule has 26 heavy (non-hydrogen) atoms. The van der Waals surface area contributed by atoms with Crippen LogP contribution in [-0.2, 0) is 0 Å². The molecule has 0 saturated heterocycles. The molecule has 0 atom stereocenters. The fourth-order valence-electron chi connectivity index (χ4n) is 2.98. The first kappa shape index (κ1) is 17.4. The van der Waals surface area contributed by atoms with Crippen LogP contribution in [0.3, 0.4) is 0 Å². The molecule has 0 fully saturated rings. The summed E-state index contributed by atoms with van der Waals surface area (Å²) >= 11 is 0. The molecule has 0 unspecified atom stereocenters. The van der Waals surface area contributed by atoms with Gasteiger partial charge in [-0.15, -0.1) is 0 Å². The monoisotopic (exact) mass is 348 g/mol. The lowest BCUT2D eigenvalue weighted by Crippen LogP contribution is -2.35. The first-order chi connectivity index (χ1) is 12.4. The Kier molecular flexibility index (Phi) is 4.58. The highest BCUT2D eigenvalue weighted by atomic mass is 16.5. The fourth-order valence-corrected chi connectivity index (χ4v) is 2.98. The summed E-state index contributed by atoms with van der Waals surface area (Å²) in [6.45, 7) is 3.93. The highest BCUT2D eigenvalue weighted by Gasteiger charge is 2.19. The van der Waals surface area contributed by atoms with E-state index in [1.54, 1.807) is 19.2 Å². The largest absolute Gasteiger partial charge is 0.496 e. The number of nitrogens with one attached hydrogen (secondary N) is 2. The van der Waals surface area contributed by atoms with E-state index in [1.807, 2.05) is 44.2 Å². The van der Waals surface area contributed by atoms with Crippen LogP contribution in [0, 0.1) is 19.3 Å². The van der Waals surface area contributed by atoms with Crippen LogP contribution in [0.4, 0.5) is 0 Å². The van der Waals surface area contributed by atoms with E-state index < -0.39 is 11.9 Å². The Morgan fingerprint density at radius 3 is 2.54 bits per heavy atom. The van der Waals surface area contributed by atoms with Crippen LogP contribution >= 0.6 is 0 Å². The molecule has 0 aliphatic rings. The molecule has 0 aliphatic heterocycles. The molecule has 6 heteroatoms. The summed E-state index contributed by atoms with van der Waals surface area (Å²) < 4.78 is 5.44. The average Bonchev–Trinajstić information content (AvgIpc) is 2.61. The van der Waals surface area contributed by atoms with E-state index >= 15 is 0 Å². The molecule has 1 aromatic heterocycles. The number of nitrogens with zero attached hydrogens (tertiary/aromatic N) is 1. The maximum atomic E-state index is 12.7.